The fourth-order valence-electron chi connectivity index (χ4n) is 2.27. The Labute approximate surface area is 104 Å². The molecule has 0 bridgehead atoms. The second kappa shape index (κ2) is 5.96. The minimum absolute atomic E-state index is 0.232. The molecular formula is C12H23NO3S. The van der Waals surface area contributed by atoms with E-state index in [4.69, 9.17) is 0 Å². The summed E-state index contributed by atoms with van der Waals surface area (Å²) in [7, 11) is -2.86. The number of sulfone groups is 1. The lowest BCUT2D eigenvalue weighted by molar-refractivity contribution is -0.117. The summed E-state index contributed by atoms with van der Waals surface area (Å²) in [6.07, 6.45) is 3.36. The maximum absolute atomic E-state index is 11.5. The van der Waals surface area contributed by atoms with Crippen molar-refractivity contribution in [3.63, 3.8) is 0 Å². The zero-order chi connectivity index (χ0) is 12.9. The Kier molecular flexibility index (Phi) is 5.13. The van der Waals surface area contributed by atoms with Crippen LogP contribution in [-0.4, -0.2) is 50.7 Å². The highest BCUT2D eigenvalue weighted by Crippen LogP contribution is 2.25. The molecule has 1 saturated heterocycles. The van der Waals surface area contributed by atoms with Gasteiger partial charge in [0.2, 0.25) is 0 Å². The van der Waals surface area contributed by atoms with Crippen molar-refractivity contribution in [2.45, 2.75) is 33.1 Å². The molecule has 0 saturated carbocycles. The van der Waals surface area contributed by atoms with Gasteiger partial charge < -0.3 is 9.69 Å². The minimum Gasteiger partial charge on any atom is -0.303 e. The third-order valence-corrected chi connectivity index (χ3v) is 5.56. The Hall–Kier alpha value is -0.420. The van der Waals surface area contributed by atoms with E-state index in [9.17, 15) is 13.2 Å². The molecule has 1 aliphatic heterocycles. The highest BCUT2D eigenvalue weighted by molar-refractivity contribution is 7.91. The first kappa shape index (κ1) is 14.6. The lowest BCUT2D eigenvalue weighted by atomic mass is 9.83. The molecule has 0 unspecified atom stereocenters. The maximum atomic E-state index is 11.5. The van der Waals surface area contributed by atoms with Gasteiger partial charge >= 0.3 is 0 Å². The number of hydrogen-bond acceptors (Lipinski definition) is 4. The van der Waals surface area contributed by atoms with Crippen LogP contribution in [0, 0.1) is 5.41 Å². The van der Waals surface area contributed by atoms with E-state index in [-0.39, 0.29) is 16.9 Å². The molecule has 100 valence electrons. The Bertz CT molecular complexity index is 347. The molecule has 5 heteroatoms. The number of rotatable bonds is 5. The van der Waals surface area contributed by atoms with Crippen LogP contribution in [0.15, 0.2) is 0 Å². The van der Waals surface area contributed by atoms with Gasteiger partial charge in [-0.1, -0.05) is 13.8 Å². The van der Waals surface area contributed by atoms with E-state index in [0.717, 1.165) is 25.7 Å². The van der Waals surface area contributed by atoms with Crippen LogP contribution < -0.4 is 0 Å². The number of aldehydes is 1. The van der Waals surface area contributed by atoms with Gasteiger partial charge in [0.25, 0.3) is 0 Å². The molecule has 0 N–H and O–H groups in total. The van der Waals surface area contributed by atoms with E-state index in [0.29, 0.717) is 19.5 Å². The van der Waals surface area contributed by atoms with E-state index >= 15 is 0 Å². The summed E-state index contributed by atoms with van der Waals surface area (Å²) in [4.78, 5) is 13.4. The van der Waals surface area contributed by atoms with Crippen molar-refractivity contribution in [3.8, 4) is 0 Å². The summed E-state index contributed by atoms with van der Waals surface area (Å²) < 4.78 is 23.0. The number of carbonyl (C=O) groups is 1. The van der Waals surface area contributed by atoms with E-state index < -0.39 is 9.84 Å². The van der Waals surface area contributed by atoms with Crippen LogP contribution >= 0.6 is 0 Å². The normalized spacial score (nSPS) is 22.0. The number of nitrogens with zero attached hydrogens (tertiary/aromatic N) is 1. The summed E-state index contributed by atoms with van der Waals surface area (Å²) in [5, 5.41) is 0. The predicted molar refractivity (Wildman–Crippen MR) is 68.8 cm³/mol. The van der Waals surface area contributed by atoms with Crippen molar-refractivity contribution in [1.82, 2.24) is 4.90 Å². The van der Waals surface area contributed by atoms with Crippen molar-refractivity contribution in [2.75, 3.05) is 31.1 Å². The van der Waals surface area contributed by atoms with E-state index in [2.05, 4.69) is 4.90 Å². The molecule has 0 aliphatic carbocycles. The average Bonchev–Trinajstić information content (AvgIpc) is 2.48. The van der Waals surface area contributed by atoms with Gasteiger partial charge in [-0.3, -0.25) is 0 Å². The summed E-state index contributed by atoms with van der Waals surface area (Å²) >= 11 is 0. The van der Waals surface area contributed by atoms with Crippen molar-refractivity contribution in [2.24, 2.45) is 5.41 Å². The van der Waals surface area contributed by atoms with Gasteiger partial charge in [0.05, 0.1) is 11.5 Å². The maximum Gasteiger partial charge on any atom is 0.151 e. The first-order chi connectivity index (χ1) is 7.97. The molecule has 0 amide bonds. The minimum atomic E-state index is -2.86. The van der Waals surface area contributed by atoms with Gasteiger partial charge in [0, 0.05) is 18.5 Å². The largest absolute Gasteiger partial charge is 0.303 e. The zero-order valence-corrected chi connectivity index (χ0v) is 11.6. The molecule has 0 atom stereocenters. The Morgan fingerprint density at radius 1 is 1.18 bits per heavy atom. The fraction of sp³-hybridized carbons (Fsp3) is 0.917. The van der Waals surface area contributed by atoms with Crippen LogP contribution in [-0.2, 0) is 14.6 Å². The third-order valence-electron chi connectivity index (χ3n) is 3.84. The average molecular weight is 261 g/mol. The SMILES string of the molecule is CCC(C=O)(CC)CN1CCCS(=O)(=O)CC1. The lowest BCUT2D eigenvalue weighted by Gasteiger charge is -2.32. The fourth-order valence-corrected chi connectivity index (χ4v) is 3.58. The molecule has 1 aliphatic rings. The van der Waals surface area contributed by atoms with Crippen molar-refractivity contribution >= 4 is 16.1 Å². The molecule has 0 aromatic heterocycles. The number of hydrogen-bond donors (Lipinski definition) is 0. The summed E-state index contributed by atoms with van der Waals surface area (Å²) in [6.45, 7) is 6.09. The topological polar surface area (TPSA) is 54.5 Å². The van der Waals surface area contributed by atoms with Crippen LogP contribution in [0.4, 0.5) is 0 Å². The van der Waals surface area contributed by atoms with Crippen LogP contribution in [0.5, 0.6) is 0 Å². The van der Waals surface area contributed by atoms with Crippen LogP contribution in [0.1, 0.15) is 33.1 Å². The molecule has 0 aromatic carbocycles. The molecule has 0 aromatic rings. The quantitative estimate of drug-likeness (QED) is 0.696. The number of carbonyl (C=O) groups excluding carboxylic acids is 1. The highest BCUT2D eigenvalue weighted by atomic mass is 32.2. The molecule has 1 fully saturated rings. The van der Waals surface area contributed by atoms with Crippen molar-refractivity contribution in [1.29, 1.82) is 0 Å². The van der Waals surface area contributed by atoms with E-state index in [1.807, 2.05) is 13.8 Å². The summed E-state index contributed by atoms with van der Waals surface area (Å²) in [6, 6.07) is 0. The van der Waals surface area contributed by atoms with Crippen LogP contribution in [0.3, 0.4) is 0 Å². The molecule has 0 radical (unpaired) electrons. The monoisotopic (exact) mass is 261 g/mol. The highest BCUT2D eigenvalue weighted by Gasteiger charge is 2.30. The zero-order valence-electron chi connectivity index (χ0n) is 10.8. The van der Waals surface area contributed by atoms with Crippen LogP contribution in [0.2, 0.25) is 0 Å². The molecule has 1 rings (SSSR count). The lowest BCUT2D eigenvalue weighted by Crippen LogP contribution is -2.39. The van der Waals surface area contributed by atoms with Crippen molar-refractivity contribution in [3.05, 3.63) is 0 Å². The second-order valence-corrected chi connectivity index (χ2v) is 7.27. The first-order valence-electron chi connectivity index (χ1n) is 6.36. The second-order valence-electron chi connectivity index (χ2n) is 4.97. The van der Waals surface area contributed by atoms with E-state index in [1.54, 1.807) is 0 Å². The van der Waals surface area contributed by atoms with Gasteiger partial charge in [-0.15, -0.1) is 0 Å². The Morgan fingerprint density at radius 2 is 1.82 bits per heavy atom. The Morgan fingerprint density at radius 3 is 2.35 bits per heavy atom. The van der Waals surface area contributed by atoms with Gasteiger partial charge in [-0.05, 0) is 25.8 Å². The third kappa shape index (κ3) is 4.07. The summed E-state index contributed by atoms with van der Waals surface area (Å²) in [5.74, 6) is 0.519. The molecular weight excluding hydrogens is 238 g/mol. The van der Waals surface area contributed by atoms with E-state index in [1.165, 1.54) is 0 Å². The standard InChI is InChI=1S/C12H23NO3S/c1-3-12(4-2,11-14)10-13-6-5-8-17(15,16)9-7-13/h11H,3-10H2,1-2H3. The summed E-state index contributed by atoms with van der Waals surface area (Å²) in [5.41, 5.74) is -0.298. The molecule has 17 heavy (non-hydrogen) atoms. The first-order valence-corrected chi connectivity index (χ1v) is 8.18. The molecule has 4 nitrogen and oxygen atoms in total. The van der Waals surface area contributed by atoms with Gasteiger partial charge in [-0.25, -0.2) is 8.42 Å². The molecule has 0 spiro atoms. The van der Waals surface area contributed by atoms with Gasteiger partial charge in [-0.2, -0.15) is 0 Å². The molecule has 1 heterocycles. The smallest absolute Gasteiger partial charge is 0.151 e. The van der Waals surface area contributed by atoms with Gasteiger partial charge in [0.15, 0.2) is 9.84 Å². The van der Waals surface area contributed by atoms with Crippen LogP contribution in [0.25, 0.3) is 0 Å². The van der Waals surface area contributed by atoms with Crippen molar-refractivity contribution < 1.29 is 13.2 Å². The predicted octanol–water partition coefficient (Wildman–Crippen LogP) is 1.11. The van der Waals surface area contributed by atoms with Gasteiger partial charge in [0.1, 0.15) is 6.29 Å². The Balaban J connectivity index is 2.65.